The number of halogens is 6. The number of methoxy groups -OCH3 is 1. The largest absolute Gasteiger partial charge is 0.469 e. The van der Waals surface area contributed by atoms with E-state index in [0.29, 0.717) is 6.07 Å². The Morgan fingerprint density at radius 2 is 1.74 bits per heavy atom. The second-order valence-corrected chi connectivity index (χ2v) is 7.03. The van der Waals surface area contributed by atoms with Crippen molar-refractivity contribution in [3.05, 3.63) is 47.9 Å². The van der Waals surface area contributed by atoms with Gasteiger partial charge in [0.05, 0.1) is 19.2 Å². The Kier molecular flexibility index (Phi) is 7.36. The fourth-order valence-electron chi connectivity index (χ4n) is 2.60. The van der Waals surface area contributed by atoms with Gasteiger partial charge in [0.1, 0.15) is 17.4 Å². The molecule has 0 saturated carbocycles. The summed E-state index contributed by atoms with van der Waals surface area (Å²) in [5.41, 5.74) is -0.971. The summed E-state index contributed by atoms with van der Waals surface area (Å²) >= 11 is 0. The van der Waals surface area contributed by atoms with Gasteiger partial charge in [-0.05, 0) is 31.2 Å². The van der Waals surface area contributed by atoms with Gasteiger partial charge in [0.25, 0.3) is 0 Å². The average molecular weight is 501 g/mol. The number of rotatable bonds is 7. The lowest BCUT2D eigenvalue weighted by atomic mass is 10.2. The predicted molar refractivity (Wildman–Crippen MR) is 110 cm³/mol. The Morgan fingerprint density at radius 1 is 1.03 bits per heavy atom. The number of alkyl halides is 6. The Balaban J connectivity index is 2.01. The van der Waals surface area contributed by atoms with Crippen LogP contribution in [0.3, 0.4) is 0 Å². The highest BCUT2D eigenvalue weighted by Crippen LogP contribution is 2.30. The minimum atomic E-state index is -4.72. The Morgan fingerprint density at radius 3 is 2.40 bits per heavy atom. The van der Waals surface area contributed by atoms with Gasteiger partial charge >= 0.3 is 18.3 Å². The van der Waals surface area contributed by atoms with Gasteiger partial charge in [-0.15, -0.1) is 0 Å². The maximum atomic E-state index is 13.1. The van der Waals surface area contributed by atoms with E-state index < -0.39 is 36.0 Å². The van der Waals surface area contributed by atoms with E-state index in [9.17, 15) is 31.1 Å². The van der Waals surface area contributed by atoms with Crippen molar-refractivity contribution in [3.63, 3.8) is 0 Å². The van der Waals surface area contributed by atoms with E-state index in [2.05, 4.69) is 40.3 Å². The van der Waals surface area contributed by atoms with E-state index in [4.69, 9.17) is 0 Å². The van der Waals surface area contributed by atoms with Crippen LogP contribution in [-0.4, -0.2) is 50.2 Å². The summed E-state index contributed by atoms with van der Waals surface area (Å²) in [5, 5.41) is 4.60. The van der Waals surface area contributed by atoms with Crippen molar-refractivity contribution in [1.29, 1.82) is 0 Å². The number of nitrogens with zero attached hydrogens (tertiary/aromatic N) is 5. The van der Waals surface area contributed by atoms with E-state index in [1.807, 2.05) is 0 Å². The van der Waals surface area contributed by atoms with Crippen LogP contribution in [0, 0.1) is 0 Å². The number of aromatic nitrogens is 5. The fourth-order valence-corrected chi connectivity index (χ4v) is 2.60. The molecule has 1 atom stereocenters. The molecule has 0 radical (unpaired) electrons. The molecule has 3 heterocycles. The van der Waals surface area contributed by atoms with Crippen LogP contribution in [0.5, 0.6) is 0 Å². The van der Waals surface area contributed by atoms with Gasteiger partial charge < -0.3 is 15.4 Å². The molecule has 1 unspecified atom stereocenters. The van der Waals surface area contributed by atoms with Crippen molar-refractivity contribution in [1.82, 2.24) is 24.9 Å². The number of ether oxygens (including phenoxy) is 1. The summed E-state index contributed by atoms with van der Waals surface area (Å²) in [5.74, 6) is -1.64. The van der Waals surface area contributed by atoms with E-state index >= 15 is 0 Å². The molecule has 0 aliphatic carbocycles. The number of pyridine rings is 2. The third-order valence-corrected chi connectivity index (χ3v) is 4.37. The first-order valence-corrected chi connectivity index (χ1v) is 9.78. The monoisotopic (exact) mass is 501 g/mol. The van der Waals surface area contributed by atoms with E-state index in [-0.39, 0.29) is 35.3 Å². The number of carbonyl (C=O) groups is 1. The second-order valence-electron chi connectivity index (χ2n) is 7.03. The molecule has 0 amide bonds. The molecular formula is C20H17F6N7O2. The summed E-state index contributed by atoms with van der Waals surface area (Å²) in [6, 6.07) is 4.29. The summed E-state index contributed by atoms with van der Waals surface area (Å²) in [6.45, 7) is 0.838. The number of hydrogen-bond donors (Lipinski definition) is 2. The van der Waals surface area contributed by atoms with E-state index in [1.54, 1.807) is 0 Å². The van der Waals surface area contributed by atoms with Crippen LogP contribution in [0.2, 0.25) is 0 Å². The summed E-state index contributed by atoms with van der Waals surface area (Å²) in [6.07, 6.45) is -8.64. The lowest BCUT2D eigenvalue weighted by Gasteiger charge is -2.18. The van der Waals surface area contributed by atoms with Crippen LogP contribution in [-0.2, 0) is 22.1 Å². The zero-order valence-electron chi connectivity index (χ0n) is 18.1. The maximum Gasteiger partial charge on any atom is 0.433 e. The second kappa shape index (κ2) is 10.1. The van der Waals surface area contributed by atoms with Gasteiger partial charge in [0.15, 0.2) is 5.82 Å². The quantitative estimate of drug-likeness (QED) is 0.364. The molecule has 0 aliphatic heterocycles. The van der Waals surface area contributed by atoms with Crippen molar-refractivity contribution in [3.8, 4) is 11.5 Å². The molecule has 9 nitrogen and oxygen atoms in total. The smallest absolute Gasteiger partial charge is 0.433 e. The average Bonchev–Trinajstić information content (AvgIpc) is 2.78. The predicted octanol–water partition coefficient (Wildman–Crippen LogP) is 4.17. The Labute approximate surface area is 194 Å². The van der Waals surface area contributed by atoms with Crippen LogP contribution in [0.4, 0.5) is 43.9 Å². The van der Waals surface area contributed by atoms with Crippen molar-refractivity contribution >= 4 is 23.6 Å². The van der Waals surface area contributed by atoms with E-state index in [1.165, 1.54) is 31.4 Å². The molecule has 186 valence electrons. The first kappa shape index (κ1) is 25.6. The number of hydrogen-bond acceptors (Lipinski definition) is 9. The van der Waals surface area contributed by atoms with Crippen LogP contribution in [0.1, 0.15) is 18.3 Å². The highest BCUT2D eigenvalue weighted by Gasteiger charge is 2.36. The van der Waals surface area contributed by atoms with Gasteiger partial charge in [-0.2, -0.15) is 41.3 Å². The normalized spacial score (nSPS) is 12.7. The maximum absolute atomic E-state index is 13.1. The first-order chi connectivity index (χ1) is 16.3. The molecule has 0 fully saturated rings. The van der Waals surface area contributed by atoms with Crippen molar-refractivity contribution < 1.29 is 35.9 Å². The zero-order valence-corrected chi connectivity index (χ0v) is 18.1. The number of carbonyl (C=O) groups excluding carboxylic acids is 1. The summed E-state index contributed by atoms with van der Waals surface area (Å²) in [4.78, 5) is 30.8. The minimum Gasteiger partial charge on any atom is -0.469 e. The van der Waals surface area contributed by atoms with Crippen molar-refractivity contribution in [2.45, 2.75) is 31.7 Å². The third kappa shape index (κ3) is 6.97. The Hall–Kier alpha value is -4.04. The van der Waals surface area contributed by atoms with Gasteiger partial charge in [0.2, 0.25) is 11.9 Å². The molecule has 0 aromatic carbocycles. The standard InChI is InChI=1S/C20H17F6N7O2/c1-10(19(21,22)23)28-17-31-16(13-5-3-4-11(29-13)9-15(34)35-2)32-18(33-17)30-12-6-7-27-14(8-12)20(24,25)26/h3-8,10H,9H2,1-2H3,(H2,27,28,30,31,32,33). The van der Waals surface area contributed by atoms with Crippen molar-refractivity contribution in [2.24, 2.45) is 0 Å². The van der Waals surface area contributed by atoms with Gasteiger partial charge in [-0.3, -0.25) is 9.78 Å². The fraction of sp³-hybridized carbons (Fsp3) is 0.300. The number of anilines is 3. The molecule has 0 aliphatic rings. The summed E-state index contributed by atoms with van der Waals surface area (Å²) in [7, 11) is 1.19. The lowest BCUT2D eigenvalue weighted by molar-refractivity contribution is -0.141. The van der Waals surface area contributed by atoms with Crippen molar-refractivity contribution in [2.75, 3.05) is 17.7 Å². The molecule has 0 spiro atoms. The SMILES string of the molecule is COC(=O)Cc1cccc(-c2nc(Nc3ccnc(C(F)(F)F)c3)nc(NC(C)C(F)(F)F)n2)n1. The molecule has 3 aromatic rings. The molecule has 15 heteroatoms. The van der Waals surface area contributed by atoms with Gasteiger partial charge in [-0.1, -0.05) is 6.07 Å². The molecule has 0 saturated heterocycles. The summed E-state index contributed by atoms with van der Waals surface area (Å²) < 4.78 is 82.7. The van der Waals surface area contributed by atoms with Gasteiger partial charge in [0, 0.05) is 11.9 Å². The molecular weight excluding hydrogens is 484 g/mol. The van der Waals surface area contributed by atoms with Crippen LogP contribution in [0.15, 0.2) is 36.5 Å². The lowest BCUT2D eigenvalue weighted by Crippen LogP contribution is -2.34. The number of nitrogens with one attached hydrogen (secondary N) is 2. The number of esters is 1. The highest BCUT2D eigenvalue weighted by molar-refractivity contribution is 5.72. The molecule has 0 bridgehead atoms. The van der Waals surface area contributed by atoms with Crippen LogP contribution >= 0.6 is 0 Å². The van der Waals surface area contributed by atoms with Crippen LogP contribution in [0.25, 0.3) is 11.5 Å². The topological polar surface area (TPSA) is 115 Å². The molecule has 35 heavy (non-hydrogen) atoms. The molecule has 3 aromatic heterocycles. The molecule has 2 N–H and O–H groups in total. The molecule has 3 rings (SSSR count). The highest BCUT2D eigenvalue weighted by atomic mass is 19.4. The van der Waals surface area contributed by atoms with E-state index in [0.717, 1.165) is 13.1 Å². The van der Waals surface area contributed by atoms with Gasteiger partial charge in [-0.25, -0.2) is 4.98 Å². The minimum absolute atomic E-state index is 0.0743. The first-order valence-electron chi connectivity index (χ1n) is 9.78. The van der Waals surface area contributed by atoms with Crippen LogP contribution < -0.4 is 10.6 Å². The third-order valence-electron chi connectivity index (χ3n) is 4.37. The zero-order chi connectivity index (χ0) is 25.8. The Bertz CT molecular complexity index is 1200.